The molecule has 1 aliphatic heterocycles. The molecule has 0 unspecified atom stereocenters. The summed E-state index contributed by atoms with van der Waals surface area (Å²) in [5, 5.41) is -0.110. The Bertz CT molecular complexity index is 1140. The normalized spacial score (nSPS) is 15.4. The third-order valence-corrected chi connectivity index (χ3v) is 5.45. The van der Waals surface area contributed by atoms with Gasteiger partial charge in [0.15, 0.2) is 5.78 Å². The van der Waals surface area contributed by atoms with E-state index in [1.165, 1.54) is 14.1 Å². The van der Waals surface area contributed by atoms with Gasteiger partial charge in [-0.3, -0.25) is 23.6 Å². The van der Waals surface area contributed by atoms with Gasteiger partial charge in [-0.2, -0.15) is 13.2 Å². The van der Waals surface area contributed by atoms with Gasteiger partial charge < -0.3 is 10.6 Å². The van der Waals surface area contributed by atoms with Crippen molar-refractivity contribution in [2.45, 2.75) is 6.18 Å². The highest BCUT2D eigenvalue weighted by molar-refractivity contribution is 6.33. The predicted octanol–water partition coefficient (Wildman–Crippen LogP) is 0.738. The second-order valence-corrected chi connectivity index (χ2v) is 7.59. The van der Waals surface area contributed by atoms with Crippen LogP contribution in [0.1, 0.15) is 15.9 Å². The van der Waals surface area contributed by atoms with Crippen molar-refractivity contribution in [1.82, 2.24) is 19.0 Å². The van der Waals surface area contributed by atoms with Gasteiger partial charge in [0.25, 0.3) is 5.56 Å². The molecule has 13 heteroatoms. The molecular weight excluding hydrogens is 441 g/mol. The van der Waals surface area contributed by atoms with Gasteiger partial charge in [0, 0.05) is 46.5 Å². The number of rotatable bonds is 4. The Morgan fingerprint density at radius 3 is 2.32 bits per heavy atom. The number of hydrogen-bond acceptors (Lipinski definition) is 7. The molecule has 31 heavy (non-hydrogen) atoms. The third kappa shape index (κ3) is 4.44. The largest absolute Gasteiger partial charge is 0.417 e. The van der Waals surface area contributed by atoms with Crippen LogP contribution >= 0.6 is 11.6 Å². The summed E-state index contributed by atoms with van der Waals surface area (Å²) < 4.78 is 40.2. The molecule has 0 saturated carbocycles. The van der Waals surface area contributed by atoms with Gasteiger partial charge in [0.1, 0.15) is 17.2 Å². The van der Waals surface area contributed by atoms with E-state index in [1.807, 2.05) is 0 Å². The Hall–Kier alpha value is -2.86. The highest BCUT2D eigenvalue weighted by Gasteiger charge is 2.32. The molecule has 1 saturated heterocycles. The first kappa shape index (κ1) is 22.8. The Morgan fingerprint density at radius 1 is 1.16 bits per heavy atom. The zero-order valence-electron chi connectivity index (χ0n) is 16.7. The lowest BCUT2D eigenvalue weighted by Gasteiger charge is -2.35. The number of piperazine rings is 1. The van der Waals surface area contributed by atoms with Crippen LogP contribution in [0.3, 0.4) is 0 Å². The molecular formula is C18H20ClF3N6O3. The van der Waals surface area contributed by atoms with Crippen molar-refractivity contribution in [3.05, 3.63) is 49.3 Å². The zero-order chi connectivity index (χ0) is 23.1. The Kier molecular flexibility index (Phi) is 6.14. The van der Waals surface area contributed by atoms with E-state index < -0.39 is 28.8 Å². The van der Waals surface area contributed by atoms with Crippen molar-refractivity contribution in [1.29, 1.82) is 0 Å². The van der Waals surface area contributed by atoms with Gasteiger partial charge in [-0.15, -0.1) is 0 Å². The van der Waals surface area contributed by atoms with Gasteiger partial charge in [0.2, 0.25) is 0 Å². The maximum atomic E-state index is 12.8. The first-order chi connectivity index (χ1) is 14.4. The van der Waals surface area contributed by atoms with E-state index >= 15 is 0 Å². The molecule has 168 valence electrons. The molecule has 0 aliphatic carbocycles. The summed E-state index contributed by atoms with van der Waals surface area (Å²) in [5.74, 6) is -0.484. The Morgan fingerprint density at radius 2 is 1.77 bits per heavy atom. The molecule has 0 spiro atoms. The minimum atomic E-state index is -4.53. The van der Waals surface area contributed by atoms with E-state index in [-0.39, 0.29) is 28.8 Å². The minimum Gasteiger partial charge on any atom is -0.384 e. The van der Waals surface area contributed by atoms with Gasteiger partial charge in [-0.25, -0.2) is 9.78 Å². The monoisotopic (exact) mass is 460 g/mol. The van der Waals surface area contributed by atoms with Crippen LogP contribution < -0.4 is 21.9 Å². The van der Waals surface area contributed by atoms with E-state index in [0.29, 0.717) is 26.2 Å². The lowest BCUT2D eigenvalue weighted by Crippen LogP contribution is -2.49. The molecule has 1 aliphatic rings. The molecule has 0 amide bonds. The van der Waals surface area contributed by atoms with Crippen LogP contribution in [0.5, 0.6) is 0 Å². The summed E-state index contributed by atoms with van der Waals surface area (Å²) in [6.07, 6.45) is -3.80. The second kappa shape index (κ2) is 8.35. The standard InChI is InChI=1S/C18H20ClF3N6O3/c1-25-14(23)13(16(30)26(2)17(25)31)12(29)9-27-3-5-28(6-4-27)15-11(19)7-10(8-24-15)18(20,21)22/h7-8H,3-6,9,23H2,1-2H3. The number of ketones is 1. The lowest BCUT2D eigenvalue weighted by molar-refractivity contribution is -0.137. The summed E-state index contributed by atoms with van der Waals surface area (Å²) >= 11 is 6.00. The predicted molar refractivity (Wildman–Crippen MR) is 109 cm³/mol. The van der Waals surface area contributed by atoms with Crippen molar-refractivity contribution in [2.75, 3.05) is 43.4 Å². The fraction of sp³-hybridized carbons (Fsp3) is 0.444. The van der Waals surface area contributed by atoms with Crippen molar-refractivity contribution >= 4 is 29.0 Å². The van der Waals surface area contributed by atoms with E-state index in [2.05, 4.69) is 4.98 Å². The molecule has 3 rings (SSSR count). The topological polar surface area (TPSA) is 106 Å². The van der Waals surface area contributed by atoms with Crippen LogP contribution in [0.15, 0.2) is 21.9 Å². The van der Waals surface area contributed by atoms with E-state index in [4.69, 9.17) is 17.3 Å². The molecule has 1 fully saturated rings. The highest BCUT2D eigenvalue weighted by atomic mass is 35.5. The summed E-state index contributed by atoms with van der Waals surface area (Å²) in [4.78, 5) is 44.3. The van der Waals surface area contributed by atoms with Crippen LogP contribution in [0, 0.1) is 0 Å². The summed E-state index contributed by atoms with van der Waals surface area (Å²) in [6, 6.07) is 0.831. The smallest absolute Gasteiger partial charge is 0.384 e. The van der Waals surface area contributed by atoms with Crippen molar-refractivity contribution < 1.29 is 18.0 Å². The first-order valence-electron chi connectivity index (χ1n) is 9.20. The number of nitrogens with zero attached hydrogens (tertiary/aromatic N) is 5. The van der Waals surface area contributed by atoms with Crippen molar-refractivity contribution in [3.63, 3.8) is 0 Å². The lowest BCUT2D eigenvalue weighted by atomic mass is 10.1. The number of anilines is 2. The van der Waals surface area contributed by atoms with Crippen molar-refractivity contribution in [2.24, 2.45) is 14.1 Å². The number of hydrogen-bond donors (Lipinski definition) is 1. The van der Waals surface area contributed by atoms with Crippen LogP contribution in [0.25, 0.3) is 0 Å². The number of aromatic nitrogens is 3. The number of carbonyl (C=O) groups excluding carboxylic acids is 1. The number of nitrogen functional groups attached to an aromatic ring is 1. The average Bonchev–Trinajstić information content (AvgIpc) is 2.71. The number of pyridine rings is 1. The molecule has 0 radical (unpaired) electrons. The van der Waals surface area contributed by atoms with Gasteiger partial charge in [0.05, 0.1) is 17.1 Å². The maximum Gasteiger partial charge on any atom is 0.417 e. The molecule has 9 nitrogen and oxygen atoms in total. The maximum absolute atomic E-state index is 12.8. The minimum absolute atomic E-state index is 0.0976. The molecule has 2 aromatic heterocycles. The fourth-order valence-corrected chi connectivity index (χ4v) is 3.63. The SMILES string of the molecule is Cn1c(N)c(C(=O)CN2CCN(c3ncc(C(F)(F)F)cc3Cl)CC2)c(=O)n(C)c1=O. The Labute approximate surface area is 179 Å². The Balaban J connectivity index is 1.70. The zero-order valence-corrected chi connectivity index (χ0v) is 17.5. The quantitative estimate of drug-likeness (QED) is 0.671. The van der Waals surface area contributed by atoms with E-state index in [9.17, 15) is 27.6 Å². The number of halogens is 4. The first-order valence-corrected chi connectivity index (χ1v) is 9.58. The second-order valence-electron chi connectivity index (χ2n) is 7.18. The fourth-order valence-electron chi connectivity index (χ4n) is 3.34. The van der Waals surface area contributed by atoms with Gasteiger partial charge in [-0.1, -0.05) is 11.6 Å². The third-order valence-electron chi connectivity index (χ3n) is 5.18. The molecule has 2 aromatic rings. The van der Waals surface area contributed by atoms with Gasteiger partial charge in [-0.05, 0) is 6.07 Å². The van der Waals surface area contributed by atoms with E-state index in [0.717, 1.165) is 21.4 Å². The number of nitrogens with two attached hydrogens (primary N) is 1. The number of carbonyl (C=O) groups is 1. The van der Waals surface area contributed by atoms with Gasteiger partial charge >= 0.3 is 11.9 Å². The van der Waals surface area contributed by atoms with Crippen LogP contribution in [0.4, 0.5) is 24.8 Å². The molecule has 0 aromatic carbocycles. The molecule has 0 atom stereocenters. The van der Waals surface area contributed by atoms with Crippen LogP contribution in [-0.4, -0.2) is 57.5 Å². The molecule has 2 N–H and O–H groups in total. The van der Waals surface area contributed by atoms with Crippen molar-refractivity contribution in [3.8, 4) is 0 Å². The van der Waals surface area contributed by atoms with E-state index in [1.54, 1.807) is 9.80 Å². The summed E-state index contributed by atoms with van der Waals surface area (Å²) in [6.45, 7) is 1.41. The molecule has 0 bridgehead atoms. The number of Topliss-reactive ketones (excluding diaryl/α,β-unsaturated/α-hetero) is 1. The highest BCUT2D eigenvalue weighted by Crippen LogP contribution is 2.33. The summed E-state index contributed by atoms with van der Waals surface area (Å²) in [5.41, 5.74) is 3.25. The summed E-state index contributed by atoms with van der Waals surface area (Å²) in [7, 11) is 2.63. The number of alkyl halides is 3. The van der Waals surface area contributed by atoms with Crippen LogP contribution in [0.2, 0.25) is 5.02 Å². The van der Waals surface area contributed by atoms with Crippen LogP contribution in [-0.2, 0) is 20.3 Å². The average molecular weight is 461 g/mol. The molecule has 3 heterocycles.